The summed E-state index contributed by atoms with van der Waals surface area (Å²) in [5, 5.41) is 5.03. The van der Waals surface area contributed by atoms with Gasteiger partial charge in [-0.1, -0.05) is 30.3 Å². The van der Waals surface area contributed by atoms with E-state index in [1.165, 1.54) is 32.7 Å². The number of anilines is 1. The second kappa shape index (κ2) is 8.58. The van der Waals surface area contributed by atoms with Crippen LogP contribution in [0, 0.1) is 0 Å². The van der Waals surface area contributed by atoms with Crippen LogP contribution >= 0.6 is 11.3 Å². The van der Waals surface area contributed by atoms with Crippen LogP contribution in [0.15, 0.2) is 53.9 Å². The quantitative estimate of drug-likeness (QED) is 0.621. The third-order valence-electron chi connectivity index (χ3n) is 4.15. The Morgan fingerprint density at radius 2 is 1.71 bits per heavy atom. The van der Waals surface area contributed by atoms with E-state index >= 15 is 0 Å². The van der Waals surface area contributed by atoms with E-state index in [0.717, 1.165) is 5.56 Å². The number of carbonyl (C=O) groups excluding carboxylic acids is 2. The molecule has 3 rings (SSSR count). The topological polar surface area (TPSA) is 73.9 Å². The molecule has 1 aromatic heterocycles. The molecular weight excluding hydrogens is 378 g/mol. The van der Waals surface area contributed by atoms with Crippen molar-refractivity contribution in [3.8, 4) is 22.6 Å². The second-order valence-electron chi connectivity index (χ2n) is 5.73. The van der Waals surface area contributed by atoms with Crippen molar-refractivity contribution in [1.29, 1.82) is 0 Å². The van der Waals surface area contributed by atoms with Gasteiger partial charge < -0.3 is 19.5 Å². The molecule has 0 fully saturated rings. The fraction of sp³-hybridized carbons (Fsp3) is 0.143. The molecule has 0 spiro atoms. The van der Waals surface area contributed by atoms with Crippen LogP contribution in [-0.2, 0) is 4.74 Å². The summed E-state index contributed by atoms with van der Waals surface area (Å²) in [5.74, 6) is 0.0330. The van der Waals surface area contributed by atoms with E-state index in [1.807, 2.05) is 35.7 Å². The molecule has 144 valence electrons. The average molecular weight is 397 g/mol. The smallest absolute Gasteiger partial charge is 0.341 e. The molecule has 0 saturated heterocycles. The lowest BCUT2D eigenvalue weighted by Gasteiger charge is -2.11. The van der Waals surface area contributed by atoms with Crippen molar-refractivity contribution in [2.45, 2.75) is 0 Å². The summed E-state index contributed by atoms with van der Waals surface area (Å²) in [4.78, 5) is 25.2. The van der Waals surface area contributed by atoms with Crippen molar-refractivity contribution in [1.82, 2.24) is 0 Å². The van der Waals surface area contributed by atoms with E-state index in [1.54, 1.807) is 18.2 Å². The number of hydrogen-bond acceptors (Lipinski definition) is 6. The predicted octanol–water partition coefficient (Wildman–Crippen LogP) is 4.47. The Hall–Kier alpha value is -3.32. The number of methoxy groups -OCH3 is 3. The highest BCUT2D eigenvalue weighted by atomic mass is 32.1. The van der Waals surface area contributed by atoms with Crippen LogP contribution in [0.5, 0.6) is 11.5 Å². The molecule has 2 aromatic carbocycles. The van der Waals surface area contributed by atoms with Crippen LogP contribution in [0.25, 0.3) is 11.1 Å². The number of amides is 1. The minimum absolute atomic E-state index is 0.319. The number of hydrogen-bond donors (Lipinski definition) is 1. The van der Waals surface area contributed by atoms with Crippen molar-refractivity contribution < 1.29 is 23.8 Å². The van der Waals surface area contributed by atoms with Crippen molar-refractivity contribution >= 4 is 28.2 Å². The zero-order chi connectivity index (χ0) is 20.1. The van der Waals surface area contributed by atoms with Gasteiger partial charge in [0, 0.05) is 17.0 Å². The number of rotatable bonds is 6. The SMILES string of the molecule is COC(=O)c1c(-c2ccccc2)csc1NC(=O)c1ccc(OC)cc1OC. The summed E-state index contributed by atoms with van der Waals surface area (Å²) in [6.45, 7) is 0. The molecule has 0 unspecified atom stereocenters. The van der Waals surface area contributed by atoms with Crippen LogP contribution < -0.4 is 14.8 Å². The van der Waals surface area contributed by atoms with Crippen molar-refractivity contribution in [2.75, 3.05) is 26.6 Å². The lowest BCUT2D eigenvalue weighted by atomic mass is 10.0. The normalized spacial score (nSPS) is 10.2. The van der Waals surface area contributed by atoms with Crippen LogP contribution in [0.2, 0.25) is 0 Å². The van der Waals surface area contributed by atoms with Gasteiger partial charge in [0.2, 0.25) is 0 Å². The molecule has 1 N–H and O–H groups in total. The standard InChI is InChI=1S/C21H19NO5S/c1-25-14-9-10-15(17(11-14)26-2)19(23)22-20-18(21(24)27-3)16(12-28-20)13-7-5-4-6-8-13/h4-12H,1-3H3,(H,22,23). The zero-order valence-corrected chi connectivity index (χ0v) is 16.5. The van der Waals surface area contributed by atoms with E-state index in [9.17, 15) is 9.59 Å². The Bertz CT molecular complexity index is 997. The van der Waals surface area contributed by atoms with Crippen LogP contribution in [-0.4, -0.2) is 33.2 Å². The molecule has 1 amide bonds. The molecular formula is C21H19NO5S. The Balaban J connectivity index is 1.98. The monoisotopic (exact) mass is 397 g/mol. The first-order chi connectivity index (χ1) is 13.6. The van der Waals surface area contributed by atoms with Crippen molar-refractivity contribution in [2.24, 2.45) is 0 Å². The van der Waals surface area contributed by atoms with Gasteiger partial charge in [-0.2, -0.15) is 0 Å². The molecule has 0 aliphatic carbocycles. The number of benzene rings is 2. The van der Waals surface area contributed by atoms with Gasteiger partial charge in [0.05, 0.1) is 26.9 Å². The molecule has 1 heterocycles. The lowest BCUT2D eigenvalue weighted by Crippen LogP contribution is -2.15. The summed E-state index contributed by atoms with van der Waals surface area (Å²) in [6, 6.07) is 14.4. The summed E-state index contributed by atoms with van der Waals surface area (Å²) in [5.41, 5.74) is 2.21. The van der Waals surface area contributed by atoms with Gasteiger partial charge in [-0.15, -0.1) is 11.3 Å². The highest BCUT2D eigenvalue weighted by molar-refractivity contribution is 7.15. The van der Waals surface area contributed by atoms with E-state index in [0.29, 0.717) is 33.2 Å². The van der Waals surface area contributed by atoms with Gasteiger partial charge in [-0.3, -0.25) is 4.79 Å². The van der Waals surface area contributed by atoms with E-state index < -0.39 is 11.9 Å². The van der Waals surface area contributed by atoms with Gasteiger partial charge >= 0.3 is 5.97 Å². The second-order valence-corrected chi connectivity index (χ2v) is 6.61. The Morgan fingerprint density at radius 3 is 2.36 bits per heavy atom. The fourth-order valence-electron chi connectivity index (χ4n) is 2.74. The first kappa shape index (κ1) is 19.4. The molecule has 28 heavy (non-hydrogen) atoms. The van der Waals surface area contributed by atoms with Gasteiger partial charge in [-0.25, -0.2) is 4.79 Å². The lowest BCUT2D eigenvalue weighted by molar-refractivity contribution is 0.0603. The van der Waals surface area contributed by atoms with Crippen molar-refractivity contribution in [3.63, 3.8) is 0 Å². The molecule has 0 aliphatic rings. The maximum Gasteiger partial charge on any atom is 0.341 e. The van der Waals surface area contributed by atoms with E-state index in [4.69, 9.17) is 14.2 Å². The Labute approximate surface area is 166 Å². The van der Waals surface area contributed by atoms with Crippen molar-refractivity contribution in [3.05, 3.63) is 65.0 Å². The average Bonchev–Trinajstić information content (AvgIpc) is 3.16. The molecule has 0 atom stereocenters. The summed E-state index contributed by atoms with van der Waals surface area (Å²) in [6.07, 6.45) is 0. The molecule has 6 nitrogen and oxygen atoms in total. The highest BCUT2D eigenvalue weighted by Gasteiger charge is 2.23. The van der Waals surface area contributed by atoms with E-state index in [-0.39, 0.29) is 0 Å². The van der Waals surface area contributed by atoms with Gasteiger partial charge in [0.1, 0.15) is 22.1 Å². The number of thiophene rings is 1. The summed E-state index contributed by atoms with van der Waals surface area (Å²) in [7, 11) is 4.32. The first-order valence-corrected chi connectivity index (χ1v) is 9.25. The first-order valence-electron chi connectivity index (χ1n) is 8.37. The number of nitrogens with one attached hydrogen (secondary N) is 1. The van der Waals surface area contributed by atoms with Gasteiger partial charge in [-0.05, 0) is 17.7 Å². The van der Waals surface area contributed by atoms with Gasteiger partial charge in [0.15, 0.2) is 0 Å². The molecule has 7 heteroatoms. The highest BCUT2D eigenvalue weighted by Crippen LogP contribution is 2.37. The minimum Gasteiger partial charge on any atom is -0.497 e. The summed E-state index contributed by atoms with van der Waals surface area (Å²) < 4.78 is 15.4. The molecule has 0 saturated carbocycles. The third-order valence-corrected chi connectivity index (χ3v) is 5.04. The van der Waals surface area contributed by atoms with Crippen LogP contribution in [0.4, 0.5) is 5.00 Å². The largest absolute Gasteiger partial charge is 0.497 e. The number of ether oxygens (including phenoxy) is 3. The molecule has 0 aliphatic heterocycles. The number of esters is 1. The Morgan fingerprint density at radius 1 is 0.964 bits per heavy atom. The van der Waals surface area contributed by atoms with E-state index in [2.05, 4.69) is 5.32 Å². The molecule has 3 aromatic rings. The van der Waals surface area contributed by atoms with Crippen LogP contribution in [0.1, 0.15) is 20.7 Å². The fourth-order valence-corrected chi connectivity index (χ4v) is 3.69. The van der Waals surface area contributed by atoms with Gasteiger partial charge in [0.25, 0.3) is 5.91 Å². The predicted molar refractivity (Wildman–Crippen MR) is 109 cm³/mol. The zero-order valence-electron chi connectivity index (χ0n) is 15.6. The molecule has 0 bridgehead atoms. The number of carbonyl (C=O) groups is 2. The third kappa shape index (κ3) is 3.84. The van der Waals surface area contributed by atoms with Crippen LogP contribution in [0.3, 0.4) is 0 Å². The maximum atomic E-state index is 12.8. The summed E-state index contributed by atoms with van der Waals surface area (Å²) >= 11 is 1.26. The maximum absolute atomic E-state index is 12.8. The molecule has 0 radical (unpaired) electrons. The Kier molecular flexibility index (Phi) is 5.96. The minimum atomic E-state index is -0.517.